The van der Waals surface area contributed by atoms with Crippen LogP contribution in [0, 0.1) is 3.95 Å². The van der Waals surface area contributed by atoms with Crippen LogP contribution in [-0.4, -0.2) is 45.0 Å². The Labute approximate surface area is 116 Å². The number of anilines is 1. The smallest absolute Gasteiger partial charge is 0.204 e. The van der Waals surface area contributed by atoms with Gasteiger partial charge in [0.2, 0.25) is 5.13 Å². The maximum absolute atomic E-state index is 9.64. The zero-order chi connectivity index (χ0) is 13.1. The van der Waals surface area contributed by atoms with Gasteiger partial charge in [-0.25, -0.2) is 4.68 Å². The molecule has 2 rings (SSSR count). The highest BCUT2D eigenvalue weighted by atomic mass is 32.1. The molecule has 2 heterocycles. The number of aliphatic hydroxyl groups excluding tert-OH is 1. The van der Waals surface area contributed by atoms with Gasteiger partial charge >= 0.3 is 0 Å². The van der Waals surface area contributed by atoms with Crippen molar-refractivity contribution in [2.75, 3.05) is 18.4 Å². The van der Waals surface area contributed by atoms with Crippen LogP contribution in [0.15, 0.2) is 0 Å². The number of β-amino-alcohol motifs (C(OH)–C–C–N with tert-alkyl or cyclic N) is 1. The van der Waals surface area contributed by atoms with E-state index in [-0.39, 0.29) is 6.10 Å². The van der Waals surface area contributed by atoms with E-state index >= 15 is 0 Å². The number of piperidine rings is 1. The Morgan fingerprint density at radius 1 is 1.61 bits per heavy atom. The van der Waals surface area contributed by atoms with Gasteiger partial charge in [-0.3, -0.25) is 4.90 Å². The maximum atomic E-state index is 9.64. The van der Waals surface area contributed by atoms with Crippen LogP contribution in [-0.2, 0) is 6.67 Å². The predicted octanol–water partition coefficient (Wildman–Crippen LogP) is 1.91. The quantitative estimate of drug-likeness (QED) is 0.829. The molecule has 7 heteroatoms. The molecule has 0 spiro atoms. The van der Waals surface area contributed by atoms with Crippen molar-refractivity contribution < 1.29 is 5.11 Å². The molecule has 1 aliphatic heterocycles. The lowest BCUT2D eigenvalue weighted by atomic mass is 10.1. The summed E-state index contributed by atoms with van der Waals surface area (Å²) in [6, 6.07) is 0.357. The topological polar surface area (TPSA) is 53.3 Å². The summed E-state index contributed by atoms with van der Waals surface area (Å²) in [5.74, 6) is 0. The third-order valence-corrected chi connectivity index (χ3v) is 4.07. The highest BCUT2D eigenvalue weighted by Gasteiger charge is 2.18. The molecule has 0 radical (unpaired) electrons. The third-order valence-electron chi connectivity index (χ3n) is 2.83. The summed E-state index contributed by atoms with van der Waals surface area (Å²) in [5, 5.41) is 18.2. The van der Waals surface area contributed by atoms with Crippen molar-refractivity contribution >= 4 is 28.7 Å². The Hall–Kier alpha value is -0.500. The van der Waals surface area contributed by atoms with E-state index in [2.05, 4.69) is 29.2 Å². The number of rotatable bonds is 4. The molecule has 1 saturated heterocycles. The lowest BCUT2D eigenvalue weighted by molar-refractivity contribution is 0.0516. The number of hydrogen-bond acceptors (Lipinski definition) is 6. The van der Waals surface area contributed by atoms with E-state index in [4.69, 9.17) is 12.2 Å². The highest BCUT2D eigenvalue weighted by molar-refractivity contribution is 7.73. The van der Waals surface area contributed by atoms with Crippen molar-refractivity contribution in [3.63, 3.8) is 0 Å². The summed E-state index contributed by atoms with van der Waals surface area (Å²) in [6.45, 7) is 6.55. The van der Waals surface area contributed by atoms with Crippen molar-refractivity contribution in [2.45, 2.75) is 45.5 Å². The normalized spacial score (nSPS) is 21.4. The highest BCUT2D eigenvalue weighted by Crippen LogP contribution is 2.17. The molecule has 1 fully saturated rings. The first-order chi connectivity index (χ1) is 8.54. The Bertz CT molecular complexity index is 442. The molecule has 2 N–H and O–H groups in total. The summed E-state index contributed by atoms with van der Waals surface area (Å²) >= 11 is 6.81. The number of nitrogens with zero attached hydrogens (tertiary/aromatic N) is 3. The van der Waals surface area contributed by atoms with Crippen molar-refractivity contribution in [1.82, 2.24) is 14.7 Å². The molecule has 0 aromatic carbocycles. The van der Waals surface area contributed by atoms with Crippen molar-refractivity contribution in [2.24, 2.45) is 0 Å². The second-order valence-electron chi connectivity index (χ2n) is 4.99. The van der Waals surface area contributed by atoms with E-state index in [0.717, 1.165) is 28.5 Å². The first kappa shape index (κ1) is 13.9. The van der Waals surface area contributed by atoms with Gasteiger partial charge in [-0.15, -0.1) is 5.10 Å². The van der Waals surface area contributed by atoms with Crippen LogP contribution < -0.4 is 5.32 Å². The molecular weight excluding hydrogens is 268 g/mol. The van der Waals surface area contributed by atoms with Gasteiger partial charge in [0.15, 0.2) is 3.95 Å². The minimum Gasteiger partial charge on any atom is -0.392 e. The van der Waals surface area contributed by atoms with E-state index in [9.17, 15) is 5.11 Å². The van der Waals surface area contributed by atoms with Gasteiger partial charge in [-0.05, 0) is 38.9 Å². The van der Waals surface area contributed by atoms with Crippen LogP contribution in [0.1, 0.15) is 26.7 Å². The Balaban J connectivity index is 2.00. The van der Waals surface area contributed by atoms with Crippen LogP contribution in [0.2, 0.25) is 0 Å². The second kappa shape index (κ2) is 6.10. The molecule has 1 aromatic heterocycles. The van der Waals surface area contributed by atoms with Crippen molar-refractivity contribution in [3.8, 4) is 0 Å². The fraction of sp³-hybridized carbons (Fsp3) is 0.818. The Morgan fingerprint density at radius 3 is 3.06 bits per heavy atom. The zero-order valence-electron chi connectivity index (χ0n) is 10.8. The molecule has 102 valence electrons. The van der Waals surface area contributed by atoms with E-state index in [1.165, 1.54) is 11.3 Å². The largest absolute Gasteiger partial charge is 0.392 e. The standard InChI is InChI=1S/C11H20N4OS2/c1-8(2)12-10-13-15(11(17)18-10)7-14-5-3-4-9(16)6-14/h8-9,16H,3-7H2,1-2H3,(H,12,13)/t9-/m0/s1. The second-order valence-corrected chi connectivity index (χ2v) is 6.61. The SMILES string of the molecule is CC(C)Nc1nn(CN2CCC[C@H](O)C2)c(=S)s1. The molecule has 0 saturated carbocycles. The number of hydrogen-bond donors (Lipinski definition) is 2. The first-order valence-corrected chi connectivity index (χ1v) is 7.52. The third kappa shape index (κ3) is 3.74. The van der Waals surface area contributed by atoms with Gasteiger partial charge in [0.1, 0.15) is 0 Å². The monoisotopic (exact) mass is 288 g/mol. The van der Waals surface area contributed by atoms with Gasteiger partial charge in [0.05, 0.1) is 12.8 Å². The summed E-state index contributed by atoms with van der Waals surface area (Å²) in [6.07, 6.45) is 1.73. The average molecular weight is 288 g/mol. The van der Waals surface area contributed by atoms with Crippen LogP contribution in [0.4, 0.5) is 5.13 Å². The van der Waals surface area contributed by atoms with Crippen LogP contribution in [0.5, 0.6) is 0 Å². The number of likely N-dealkylation sites (tertiary alicyclic amines) is 1. The molecule has 0 aliphatic carbocycles. The van der Waals surface area contributed by atoms with E-state index < -0.39 is 0 Å². The predicted molar refractivity (Wildman–Crippen MR) is 76.5 cm³/mol. The fourth-order valence-corrected chi connectivity index (χ4v) is 3.19. The van der Waals surface area contributed by atoms with Crippen LogP contribution >= 0.6 is 23.6 Å². The van der Waals surface area contributed by atoms with Crippen LogP contribution in [0.25, 0.3) is 0 Å². The van der Waals surface area contributed by atoms with E-state index in [0.29, 0.717) is 19.3 Å². The number of aliphatic hydroxyl groups is 1. The molecule has 0 bridgehead atoms. The van der Waals surface area contributed by atoms with E-state index in [1.54, 1.807) is 0 Å². The summed E-state index contributed by atoms with van der Waals surface area (Å²) in [5.41, 5.74) is 0. The molecule has 0 unspecified atom stereocenters. The zero-order valence-corrected chi connectivity index (χ0v) is 12.4. The molecule has 1 aromatic rings. The minimum absolute atomic E-state index is 0.209. The van der Waals surface area contributed by atoms with Crippen molar-refractivity contribution in [3.05, 3.63) is 3.95 Å². The lowest BCUT2D eigenvalue weighted by Crippen LogP contribution is -2.39. The average Bonchev–Trinajstić information content (AvgIpc) is 2.58. The first-order valence-electron chi connectivity index (χ1n) is 6.29. The number of nitrogens with one attached hydrogen (secondary N) is 1. The van der Waals surface area contributed by atoms with Crippen LogP contribution in [0.3, 0.4) is 0 Å². The van der Waals surface area contributed by atoms with Crippen molar-refractivity contribution in [1.29, 1.82) is 0 Å². The molecular formula is C11H20N4OS2. The summed E-state index contributed by atoms with van der Waals surface area (Å²) in [4.78, 5) is 2.20. The Kier molecular flexibility index (Phi) is 4.71. The van der Waals surface area contributed by atoms with E-state index in [1.807, 2.05) is 4.68 Å². The summed E-state index contributed by atoms with van der Waals surface area (Å²) < 4.78 is 2.61. The fourth-order valence-electron chi connectivity index (χ4n) is 2.05. The molecule has 1 aliphatic rings. The van der Waals surface area contributed by atoms with Gasteiger partial charge in [-0.1, -0.05) is 11.3 Å². The van der Waals surface area contributed by atoms with Gasteiger partial charge in [0.25, 0.3) is 0 Å². The summed E-state index contributed by atoms with van der Waals surface area (Å²) in [7, 11) is 0. The molecule has 18 heavy (non-hydrogen) atoms. The van der Waals surface area contributed by atoms with Gasteiger partial charge < -0.3 is 10.4 Å². The molecule has 1 atom stereocenters. The minimum atomic E-state index is -0.209. The number of aromatic nitrogens is 2. The van der Waals surface area contributed by atoms with Gasteiger partial charge in [-0.2, -0.15) is 0 Å². The maximum Gasteiger partial charge on any atom is 0.204 e. The molecule has 0 amide bonds. The molecule has 5 nitrogen and oxygen atoms in total. The van der Waals surface area contributed by atoms with Gasteiger partial charge in [0, 0.05) is 19.1 Å². The lowest BCUT2D eigenvalue weighted by Gasteiger charge is -2.29. The Morgan fingerprint density at radius 2 is 2.39 bits per heavy atom.